The first-order valence-corrected chi connectivity index (χ1v) is 4.79. The van der Waals surface area contributed by atoms with E-state index in [0.29, 0.717) is 5.46 Å². The average Bonchev–Trinajstić information content (AvgIpc) is 2.16. The molecule has 82 valence electrons. The third kappa shape index (κ3) is 2.43. The topological polar surface area (TPSA) is 46.9 Å². The molecule has 0 unspecified atom stereocenters. The minimum absolute atomic E-state index is 0.535. The predicted molar refractivity (Wildman–Crippen MR) is 64.9 cm³/mol. The van der Waals surface area contributed by atoms with E-state index in [2.05, 4.69) is 0 Å². The Kier molecular flexibility index (Phi) is 3.60. The second kappa shape index (κ2) is 4.55. The van der Waals surface area contributed by atoms with Crippen LogP contribution in [0.25, 0.3) is 0 Å². The monoisotopic (exact) mass is 208 g/mol. The van der Waals surface area contributed by atoms with Crippen LogP contribution in [0.2, 0.25) is 0 Å². The van der Waals surface area contributed by atoms with Crippen LogP contribution >= 0.6 is 0 Å². The maximum atomic E-state index is 9.39. The maximum Gasteiger partial charge on any atom is 0.492 e. The SMILES string of the molecule is CN(C)c1cccc(N(C)C)c1B(O)O. The molecule has 0 heterocycles. The molecular weight excluding hydrogens is 191 g/mol. The molecule has 0 saturated heterocycles. The van der Waals surface area contributed by atoms with Crippen molar-refractivity contribution in [3.05, 3.63) is 18.2 Å². The fourth-order valence-electron chi connectivity index (χ4n) is 1.59. The Morgan fingerprint density at radius 3 is 1.60 bits per heavy atom. The molecule has 1 rings (SSSR count). The fourth-order valence-corrected chi connectivity index (χ4v) is 1.59. The number of hydrogen-bond acceptors (Lipinski definition) is 4. The van der Waals surface area contributed by atoms with E-state index in [4.69, 9.17) is 0 Å². The van der Waals surface area contributed by atoms with Crippen LogP contribution in [0.15, 0.2) is 18.2 Å². The Labute approximate surface area is 90.9 Å². The molecule has 0 amide bonds. The highest BCUT2D eigenvalue weighted by Crippen LogP contribution is 2.17. The van der Waals surface area contributed by atoms with Crippen molar-refractivity contribution in [3.63, 3.8) is 0 Å². The van der Waals surface area contributed by atoms with Crippen molar-refractivity contribution in [1.29, 1.82) is 0 Å². The molecule has 0 aliphatic carbocycles. The molecule has 2 N–H and O–H groups in total. The first kappa shape index (κ1) is 11.9. The number of nitrogens with zero attached hydrogens (tertiary/aromatic N) is 2. The Morgan fingerprint density at radius 2 is 1.33 bits per heavy atom. The van der Waals surface area contributed by atoms with E-state index in [0.717, 1.165) is 11.4 Å². The second-order valence-corrected chi connectivity index (χ2v) is 3.87. The van der Waals surface area contributed by atoms with Crippen LogP contribution in [0.5, 0.6) is 0 Å². The molecule has 0 aliphatic heterocycles. The summed E-state index contributed by atoms with van der Waals surface area (Å²) < 4.78 is 0. The van der Waals surface area contributed by atoms with E-state index < -0.39 is 7.12 Å². The van der Waals surface area contributed by atoms with Gasteiger partial charge in [-0.1, -0.05) is 6.07 Å². The lowest BCUT2D eigenvalue weighted by molar-refractivity contribution is 0.426. The lowest BCUT2D eigenvalue weighted by atomic mass is 9.77. The van der Waals surface area contributed by atoms with Crippen LogP contribution in [0.3, 0.4) is 0 Å². The Balaban J connectivity index is 3.35. The van der Waals surface area contributed by atoms with Gasteiger partial charge in [-0.15, -0.1) is 0 Å². The van der Waals surface area contributed by atoms with E-state index in [-0.39, 0.29) is 0 Å². The molecule has 1 aromatic rings. The van der Waals surface area contributed by atoms with E-state index in [1.165, 1.54) is 0 Å². The largest absolute Gasteiger partial charge is 0.492 e. The first-order chi connectivity index (χ1) is 6.95. The minimum Gasteiger partial charge on any atom is -0.423 e. The van der Waals surface area contributed by atoms with E-state index in [1.54, 1.807) is 0 Å². The van der Waals surface area contributed by atoms with Crippen LogP contribution < -0.4 is 15.3 Å². The Bertz CT molecular complexity index is 314. The standard InChI is InChI=1S/C10H17BN2O2/c1-12(2)8-6-5-7-9(13(3)4)10(8)11(14)15/h5-7,14-15H,1-4H3. The summed E-state index contributed by atoms with van der Waals surface area (Å²) in [7, 11) is 6.05. The zero-order chi connectivity index (χ0) is 11.6. The zero-order valence-corrected chi connectivity index (χ0v) is 9.60. The molecule has 4 nitrogen and oxygen atoms in total. The van der Waals surface area contributed by atoms with Gasteiger partial charge in [0.05, 0.1) is 0 Å². The summed E-state index contributed by atoms with van der Waals surface area (Å²) in [5, 5.41) is 18.8. The van der Waals surface area contributed by atoms with Crippen LogP contribution in [0, 0.1) is 0 Å². The Hall–Kier alpha value is -1.20. The molecule has 0 aliphatic rings. The highest BCUT2D eigenvalue weighted by Gasteiger charge is 2.22. The van der Waals surface area contributed by atoms with Gasteiger partial charge in [-0.3, -0.25) is 0 Å². The van der Waals surface area contributed by atoms with E-state index in [9.17, 15) is 10.0 Å². The number of rotatable bonds is 3. The number of hydrogen-bond donors (Lipinski definition) is 2. The maximum absolute atomic E-state index is 9.39. The Morgan fingerprint density at radius 1 is 0.933 bits per heavy atom. The lowest BCUT2D eigenvalue weighted by Gasteiger charge is -2.23. The highest BCUT2D eigenvalue weighted by molar-refractivity contribution is 6.62. The third-order valence-corrected chi connectivity index (χ3v) is 2.28. The minimum atomic E-state index is -1.46. The van der Waals surface area contributed by atoms with Gasteiger partial charge in [0.15, 0.2) is 0 Å². The molecular formula is C10H17BN2O2. The molecule has 0 aromatic heterocycles. The molecule has 0 spiro atoms. The predicted octanol–water partition coefficient (Wildman–Crippen LogP) is -0.502. The van der Waals surface area contributed by atoms with Crippen LogP contribution in [0.4, 0.5) is 11.4 Å². The van der Waals surface area contributed by atoms with Crippen molar-refractivity contribution in [2.24, 2.45) is 0 Å². The molecule has 5 heteroatoms. The molecule has 15 heavy (non-hydrogen) atoms. The number of benzene rings is 1. The van der Waals surface area contributed by atoms with Gasteiger partial charge in [0.1, 0.15) is 0 Å². The summed E-state index contributed by atoms with van der Waals surface area (Å²) in [6.45, 7) is 0. The molecule has 0 bridgehead atoms. The van der Waals surface area contributed by atoms with Crippen molar-refractivity contribution in [3.8, 4) is 0 Å². The molecule has 0 atom stereocenters. The van der Waals surface area contributed by atoms with Gasteiger partial charge in [-0.05, 0) is 12.1 Å². The quantitative estimate of drug-likeness (QED) is 0.657. The molecule has 0 saturated carbocycles. The number of anilines is 2. The van der Waals surface area contributed by atoms with Gasteiger partial charge in [0.2, 0.25) is 0 Å². The van der Waals surface area contributed by atoms with Crippen molar-refractivity contribution in [1.82, 2.24) is 0 Å². The van der Waals surface area contributed by atoms with E-state index in [1.807, 2.05) is 56.2 Å². The summed E-state index contributed by atoms with van der Waals surface area (Å²) in [4.78, 5) is 3.73. The lowest BCUT2D eigenvalue weighted by Crippen LogP contribution is -2.38. The van der Waals surface area contributed by atoms with Crippen molar-refractivity contribution < 1.29 is 10.0 Å². The van der Waals surface area contributed by atoms with Gasteiger partial charge < -0.3 is 19.8 Å². The summed E-state index contributed by atoms with van der Waals surface area (Å²) in [6.07, 6.45) is 0. The van der Waals surface area contributed by atoms with Crippen LogP contribution in [0.1, 0.15) is 0 Å². The third-order valence-electron chi connectivity index (χ3n) is 2.28. The summed E-state index contributed by atoms with van der Waals surface area (Å²) in [6, 6.07) is 5.63. The van der Waals surface area contributed by atoms with E-state index >= 15 is 0 Å². The second-order valence-electron chi connectivity index (χ2n) is 3.87. The van der Waals surface area contributed by atoms with Gasteiger partial charge in [-0.2, -0.15) is 0 Å². The van der Waals surface area contributed by atoms with Crippen LogP contribution in [-0.4, -0.2) is 45.4 Å². The molecule has 1 aromatic carbocycles. The fraction of sp³-hybridized carbons (Fsp3) is 0.400. The zero-order valence-electron chi connectivity index (χ0n) is 9.60. The average molecular weight is 208 g/mol. The van der Waals surface area contributed by atoms with Gasteiger partial charge >= 0.3 is 7.12 Å². The van der Waals surface area contributed by atoms with Crippen molar-refractivity contribution in [2.75, 3.05) is 38.0 Å². The normalized spacial score (nSPS) is 10.0. The van der Waals surface area contributed by atoms with Gasteiger partial charge in [0.25, 0.3) is 0 Å². The van der Waals surface area contributed by atoms with Crippen LogP contribution in [-0.2, 0) is 0 Å². The highest BCUT2D eigenvalue weighted by atomic mass is 16.4. The smallest absolute Gasteiger partial charge is 0.423 e. The first-order valence-electron chi connectivity index (χ1n) is 4.79. The van der Waals surface area contributed by atoms with Crippen molar-refractivity contribution in [2.45, 2.75) is 0 Å². The van der Waals surface area contributed by atoms with Gasteiger partial charge in [-0.25, -0.2) is 0 Å². The summed E-state index contributed by atoms with van der Waals surface area (Å²) in [5.74, 6) is 0. The summed E-state index contributed by atoms with van der Waals surface area (Å²) >= 11 is 0. The van der Waals surface area contributed by atoms with Crippen molar-refractivity contribution >= 4 is 24.0 Å². The molecule has 0 fully saturated rings. The summed E-state index contributed by atoms with van der Waals surface area (Å²) in [5.41, 5.74) is 2.17. The van der Waals surface area contributed by atoms with Gasteiger partial charge in [0, 0.05) is 45.0 Å². The molecule has 0 radical (unpaired) electrons.